The fraction of sp³-hybridized carbons (Fsp3) is 0.556. The monoisotopic (exact) mass is 269 g/mol. The molecule has 0 saturated carbocycles. The van der Waals surface area contributed by atoms with Crippen LogP contribution < -0.4 is 11.1 Å². The van der Waals surface area contributed by atoms with Crippen LogP contribution in [0.15, 0.2) is 4.42 Å². The molecule has 98 valence electrons. The zero-order valence-corrected chi connectivity index (χ0v) is 10.2. The van der Waals surface area contributed by atoms with Crippen molar-refractivity contribution in [3.8, 4) is 0 Å². The summed E-state index contributed by atoms with van der Waals surface area (Å²) in [4.78, 5) is 15.3. The first kappa shape index (κ1) is 15.8. The Bertz CT molecular complexity index is 396. The molecule has 1 rings (SSSR count). The summed E-state index contributed by atoms with van der Waals surface area (Å²) in [5.74, 6) is -3.57. The van der Waals surface area contributed by atoms with E-state index in [1.165, 1.54) is 0 Å². The van der Waals surface area contributed by atoms with Crippen molar-refractivity contribution < 1.29 is 18.0 Å². The number of nitrogens with zero attached hydrogens (tertiary/aromatic N) is 1. The summed E-state index contributed by atoms with van der Waals surface area (Å²) in [5, 5.41) is 2.04. The van der Waals surface area contributed by atoms with E-state index in [1.807, 2.05) is 5.32 Å². The number of aryl methyl sites for hydroxylation is 2. The van der Waals surface area contributed by atoms with E-state index >= 15 is 0 Å². The van der Waals surface area contributed by atoms with Gasteiger partial charge in [-0.25, -0.2) is 13.8 Å². The van der Waals surface area contributed by atoms with E-state index in [2.05, 4.69) is 4.98 Å². The van der Waals surface area contributed by atoms with E-state index in [0.29, 0.717) is 11.6 Å². The Labute approximate surface area is 103 Å². The lowest BCUT2D eigenvalue weighted by molar-refractivity contribution is 0.0115. The summed E-state index contributed by atoms with van der Waals surface area (Å²) in [6.07, 6.45) is 0. The molecule has 5 nitrogen and oxygen atoms in total. The zero-order valence-electron chi connectivity index (χ0n) is 9.42. The molecule has 1 heterocycles. The third kappa shape index (κ3) is 4.27. The van der Waals surface area contributed by atoms with E-state index in [0.717, 1.165) is 0 Å². The molecule has 1 amide bonds. The molecule has 0 aliphatic carbocycles. The number of rotatable bonds is 4. The molecular weight excluding hydrogens is 256 g/mol. The smallest absolute Gasteiger partial charge is 0.289 e. The topological polar surface area (TPSA) is 81.2 Å². The van der Waals surface area contributed by atoms with Crippen LogP contribution in [0.5, 0.6) is 0 Å². The highest BCUT2D eigenvalue weighted by Gasteiger charge is 2.28. The molecule has 0 saturated heterocycles. The van der Waals surface area contributed by atoms with Crippen molar-refractivity contribution >= 4 is 18.3 Å². The number of halogens is 3. The van der Waals surface area contributed by atoms with Gasteiger partial charge >= 0.3 is 0 Å². The second-order valence-electron chi connectivity index (χ2n) is 3.39. The molecular formula is C9H14ClF2N3O2. The van der Waals surface area contributed by atoms with Crippen LogP contribution in [-0.4, -0.2) is 29.9 Å². The Morgan fingerprint density at radius 3 is 2.53 bits per heavy atom. The first-order valence-corrected chi connectivity index (χ1v) is 4.66. The van der Waals surface area contributed by atoms with Gasteiger partial charge in [0, 0.05) is 6.92 Å². The summed E-state index contributed by atoms with van der Waals surface area (Å²) < 4.78 is 30.5. The van der Waals surface area contributed by atoms with Gasteiger partial charge < -0.3 is 15.5 Å². The van der Waals surface area contributed by atoms with E-state index in [1.54, 1.807) is 13.8 Å². The summed E-state index contributed by atoms with van der Waals surface area (Å²) in [5.41, 5.74) is 5.19. The van der Waals surface area contributed by atoms with Gasteiger partial charge in [-0.05, 0) is 6.92 Å². The quantitative estimate of drug-likeness (QED) is 0.856. The Hall–Kier alpha value is -1.21. The summed E-state index contributed by atoms with van der Waals surface area (Å²) >= 11 is 0. The number of carbonyl (C=O) groups is 1. The van der Waals surface area contributed by atoms with Crippen LogP contribution in [0.1, 0.15) is 22.1 Å². The van der Waals surface area contributed by atoms with E-state index < -0.39 is 24.9 Å². The Balaban J connectivity index is 0.00000256. The van der Waals surface area contributed by atoms with Crippen molar-refractivity contribution in [2.75, 3.05) is 13.1 Å². The normalized spacial score (nSPS) is 10.9. The van der Waals surface area contributed by atoms with Crippen LogP contribution in [0, 0.1) is 13.8 Å². The molecule has 3 N–H and O–H groups in total. The fourth-order valence-electron chi connectivity index (χ4n) is 1.10. The average molecular weight is 270 g/mol. The number of aromatic nitrogens is 1. The van der Waals surface area contributed by atoms with Crippen LogP contribution in [0.2, 0.25) is 0 Å². The Morgan fingerprint density at radius 2 is 2.12 bits per heavy atom. The van der Waals surface area contributed by atoms with Gasteiger partial charge in [-0.2, -0.15) is 0 Å². The van der Waals surface area contributed by atoms with Gasteiger partial charge in [0.25, 0.3) is 11.8 Å². The minimum atomic E-state index is -3.11. The van der Waals surface area contributed by atoms with E-state index in [4.69, 9.17) is 10.2 Å². The molecule has 17 heavy (non-hydrogen) atoms. The highest BCUT2D eigenvalue weighted by atomic mass is 35.5. The van der Waals surface area contributed by atoms with Gasteiger partial charge in [-0.1, -0.05) is 0 Å². The second kappa shape index (κ2) is 5.92. The number of hydrogen-bond donors (Lipinski definition) is 2. The molecule has 0 unspecified atom stereocenters. The minimum absolute atomic E-state index is 0. The van der Waals surface area contributed by atoms with Crippen LogP contribution in [0.3, 0.4) is 0 Å². The standard InChI is InChI=1S/C9H13F2N3O2.ClH/c1-5-7(16-6(2)14-5)8(15)13-4-9(10,11)3-12;/h3-4,12H2,1-2H3,(H,13,15);1H. The van der Waals surface area contributed by atoms with E-state index in [9.17, 15) is 13.6 Å². The molecule has 0 bridgehead atoms. The minimum Gasteiger partial charge on any atom is -0.436 e. The van der Waals surface area contributed by atoms with Crippen LogP contribution in [0.25, 0.3) is 0 Å². The lowest BCUT2D eigenvalue weighted by atomic mass is 10.3. The number of carbonyl (C=O) groups excluding carboxylic acids is 1. The first-order valence-electron chi connectivity index (χ1n) is 4.66. The summed E-state index contributed by atoms with van der Waals surface area (Å²) in [6, 6.07) is 0. The number of nitrogens with two attached hydrogens (primary N) is 1. The SMILES string of the molecule is Cc1nc(C)c(C(=O)NCC(F)(F)CN)o1.Cl. The van der Waals surface area contributed by atoms with Gasteiger partial charge in [-0.3, -0.25) is 4.79 Å². The van der Waals surface area contributed by atoms with Gasteiger partial charge in [-0.15, -0.1) is 12.4 Å². The highest BCUT2D eigenvalue weighted by Crippen LogP contribution is 2.11. The maximum absolute atomic E-state index is 12.7. The van der Waals surface area contributed by atoms with Gasteiger partial charge in [0.2, 0.25) is 5.76 Å². The largest absolute Gasteiger partial charge is 0.436 e. The Kier molecular flexibility index (Phi) is 5.50. The summed E-state index contributed by atoms with van der Waals surface area (Å²) in [6.45, 7) is 1.49. The van der Waals surface area contributed by atoms with Crippen molar-refractivity contribution in [2.45, 2.75) is 19.8 Å². The Morgan fingerprint density at radius 1 is 1.53 bits per heavy atom. The summed E-state index contributed by atoms with van der Waals surface area (Å²) in [7, 11) is 0. The van der Waals surface area contributed by atoms with Crippen molar-refractivity contribution in [3.63, 3.8) is 0 Å². The third-order valence-electron chi connectivity index (χ3n) is 1.92. The molecule has 0 atom stereocenters. The number of alkyl halides is 2. The van der Waals surface area contributed by atoms with Crippen molar-refractivity contribution in [3.05, 3.63) is 17.3 Å². The molecule has 0 spiro atoms. The number of amides is 1. The predicted octanol–water partition coefficient (Wildman–Crippen LogP) is 1.04. The van der Waals surface area contributed by atoms with Crippen LogP contribution in [-0.2, 0) is 0 Å². The van der Waals surface area contributed by atoms with Crippen molar-refractivity contribution in [2.24, 2.45) is 5.73 Å². The fourth-order valence-corrected chi connectivity index (χ4v) is 1.10. The molecule has 0 aromatic carbocycles. The van der Waals surface area contributed by atoms with Gasteiger partial charge in [0.05, 0.1) is 18.8 Å². The maximum atomic E-state index is 12.7. The molecule has 8 heteroatoms. The first-order chi connectivity index (χ1) is 7.35. The number of hydrogen-bond acceptors (Lipinski definition) is 4. The zero-order chi connectivity index (χ0) is 12.3. The lowest BCUT2D eigenvalue weighted by Gasteiger charge is -2.13. The highest BCUT2D eigenvalue weighted by molar-refractivity contribution is 5.92. The molecule has 1 aromatic heterocycles. The predicted molar refractivity (Wildman–Crippen MR) is 59.6 cm³/mol. The van der Waals surface area contributed by atoms with Gasteiger partial charge in [0.1, 0.15) is 0 Å². The molecule has 0 aliphatic rings. The average Bonchev–Trinajstić information content (AvgIpc) is 2.54. The van der Waals surface area contributed by atoms with Crippen molar-refractivity contribution in [1.82, 2.24) is 10.3 Å². The molecule has 0 radical (unpaired) electrons. The third-order valence-corrected chi connectivity index (χ3v) is 1.92. The van der Waals surface area contributed by atoms with E-state index in [-0.39, 0.29) is 18.2 Å². The van der Waals surface area contributed by atoms with Gasteiger partial charge in [0.15, 0.2) is 5.89 Å². The molecule has 0 aliphatic heterocycles. The molecule has 0 fully saturated rings. The van der Waals surface area contributed by atoms with Crippen molar-refractivity contribution in [1.29, 1.82) is 0 Å². The maximum Gasteiger partial charge on any atom is 0.289 e. The number of oxazole rings is 1. The van der Waals surface area contributed by atoms with Crippen LogP contribution >= 0.6 is 12.4 Å². The second-order valence-corrected chi connectivity index (χ2v) is 3.39. The van der Waals surface area contributed by atoms with Crippen LogP contribution in [0.4, 0.5) is 8.78 Å². The molecule has 1 aromatic rings. The lowest BCUT2D eigenvalue weighted by Crippen LogP contribution is -2.41. The number of nitrogens with one attached hydrogen (secondary N) is 1.